The standard InChI is InChI=1S/C19H17N3O5/c1-21-19(25)14-3-2-4-15(9-14)22-17(23)11-27-18(24)12-26-16-7-5-13(10-20)6-8-16/h2-9H,11-12H2,1H3,(H,21,25)(H,22,23). The molecule has 0 saturated carbocycles. The van der Waals surface area contributed by atoms with Crippen LogP contribution in [0.1, 0.15) is 15.9 Å². The first-order valence-corrected chi connectivity index (χ1v) is 7.92. The third-order valence-electron chi connectivity index (χ3n) is 3.34. The number of carbonyl (C=O) groups is 3. The molecule has 0 aliphatic carbocycles. The van der Waals surface area contributed by atoms with Crippen LogP contribution in [0.25, 0.3) is 0 Å². The quantitative estimate of drug-likeness (QED) is 0.716. The van der Waals surface area contributed by atoms with E-state index in [0.717, 1.165) is 0 Å². The predicted octanol–water partition coefficient (Wildman–Crippen LogP) is 1.48. The van der Waals surface area contributed by atoms with Crippen LogP contribution in [-0.2, 0) is 14.3 Å². The van der Waals surface area contributed by atoms with Crippen molar-refractivity contribution >= 4 is 23.5 Å². The van der Waals surface area contributed by atoms with Crippen LogP contribution < -0.4 is 15.4 Å². The van der Waals surface area contributed by atoms with Crippen molar-refractivity contribution in [2.75, 3.05) is 25.6 Å². The average Bonchev–Trinajstić information content (AvgIpc) is 2.70. The van der Waals surface area contributed by atoms with Crippen molar-refractivity contribution in [3.05, 3.63) is 59.7 Å². The first-order valence-electron chi connectivity index (χ1n) is 7.92. The molecule has 0 bridgehead atoms. The van der Waals surface area contributed by atoms with Crippen LogP contribution in [-0.4, -0.2) is 38.0 Å². The monoisotopic (exact) mass is 367 g/mol. The van der Waals surface area contributed by atoms with Crippen molar-refractivity contribution in [1.82, 2.24) is 5.32 Å². The maximum absolute atomic E-state index is 11.9. The Morgan fingerprint density at radius 3 is 2.48 bits per heavy atom. The molecule has 2 N–H and O–H groups in total. The molecule has 0 aliphatic heterocycles. The lowest BCUT2D eigenvalue weighted by atomic mass is 10.2. The van der Waals surface area contributed by atoms with Crippen LogP contribution >= 0.6 is 0 Å². The third-order valence-corrected chi connectivity index (χ3v) is 3.34. The second-order valence-electron chi connectivity index (χ2n) is 5.29. The Morgan fingerprint density at radius 2 is 1.81 bits per heavy atom. The Morgan fingerprint density at radius 1 is 1.07 bits per heavy atom. The molecule has 2 amide bonds. The number of rotatable bonds is 7. The summed E-state index contributed by atoms with van der Waals surface area (Å²) in [6.07, 6.45) is 0. The number of hydrogen-bond donors (Lipinski definition) is 2. The van der Waals surface area contributed by atoms with Crippen LogP contribution in [0.3, 0.4) is 0 Å². The van der Waals surface area contributed by atoms with Gasteiger partial charge in [-0.1, -0.05) is 6.07 Å². The molecule has 0 radical (unpaired) electrons. The lowest BCUT2D eigenvalue weighted by molar-refractivity contribution is -0.149. The van der Waals surface area contributed by atoms with E-state index in [1.165, 1.54) is 13.1 Å². The molecule has 0 spiro atoms. The number of nitriles is 1. The Balaban J connectivity index is 1.77. The van der Waals surface area contributed by atoms with Gasteiger partial charge < -0.3 is 20.1 Å². The van der Waals surface area contributed by atoms with Gasteiger partial charge in [0, 0.05) is 18.3 Å². The molecule has 8 nitrogen and oxygen atoms in total. The topological polar surface area (TPSA) is 118 Å². The molecule has 2 rings (SSSR count). The molecule has 0 atom stereocenters. The van der Waals surface area contributed by atoms with E-state index < -0.39 is 18.5 Å². The minimum Gasteiger partial charge on any atom is -0.482 e. The van der Waals surface area contributed by atoms with Gasteiger partial charge >= 0.3 is 5.97 Å². The fraction of sp³-hybridized carbons (Fsp3) is 0.158. The average molecular weight is 367 g/mol. The highest BCUT2D eigenvalue weighted by atomic mass is 16.6. The van der Waals surface area contributed by atoms with Crippen molar-refractivity contribution in [3.8, 4) is 11.8 Å². The number of nitrogens with zero attached hydrogens (tertiary/aromatic N) is 1. The number of ether oxygens (including phenoxy) is 2. The van der Waals surface area contributed by atoms with E-state index in [9.17, 15) is 14.4 Å². The summed E-state index contributed by atoms with van der Waals surface area (Å²) >= 11 is 0. The first-order chi connectivity index (χ1) is 13.0. The summed E-state index contributed by atoms with van der Waals surface area (Å²) < 4.78 is 10.0. The predicted molar refractivity (Wildman–Crippen MR) is 96.1 cm³/mol. The van der Waals surface area contributed by atoms with Gasteiger partial charge in [-0.2, -0.15) is 5.26 Å². The van der Waals surface area contributed by atoms with Gasteiger partial charge in [0.15, 0.2) is 13.2 Å². The second-order valence-corrected chi connectivity index (χ2v) is 5.29. The van der Waals surface area contributed by atoms with Gasteiger partial charge in [-0.25, -0.2) is 4.79 Å². The number of amides is 2. The lowest BCUT2D eigenvalue weighted by Crippen LogP contribution is -2.24. The SMILES string of the molecule is CNC(=O)c1cccc(NC(=O)COC(=O)COc2ccc(C#N)cc2)c1. The maximum atomic E-state index is 11.9. The summed E-state index contributed by atoms with van der Waals surface area (Å²) in [5.41, 5.74) is 1.27. The van der Waals surface area contributed by atoms with Gasteiger partial charge in [-0.05, 0) is 42.5 Å². The van der Waals surface area contributed by atoms with Crippen LogP contribution in [0.5, 0.6) is 5.75 Å². The maximum Gasteiger partial charge on any atom is 0.344 e. The summed E-state index contributed by atoms with van der Waals surface area (Å²) in [7, 11) is 1.51. The van der Waals surface area contributed by atoms with E-state index in [1.54, 1.807) is 42.5 Å². The smallest absolute Gasteiger partial charge is 0.344 e. The number of esters is 1. The highest BCUT2D eigenvalue weighted by molar-refractivity contribution is 5.97. The summed E-state index contributed by atoms with van der Waals surface area (Å²) in [5, 5.41) is 13.7. The van der Waals surface area contributed by atoms with Crippen LogP contribution in [0.2, 0.25) is 0 Å². The fourth-order valence-electron chi connectivity index (χ4n) is 2.04. The minimum absolute atomic E-state index is 0.280. The normalized spacial score (nSPS) is 9.63. The van der Waals surface area contributed by atoms with E-state index in [0.29, 0.717) is 22.6 Å². The molecular weight excluding hydrogens is 350 g/mol. The molecule has 138 valence electrons. The Hall–Kier alpha value is -3.86. The summed E-state index contributed by atoms with van der Waals surface area (Å²) in [6.45, 7) is -0.856. The van der Waals surface area contributed by atoms with Gasteiger partial charge in [0.25, 0.3) is 11.8 Å². The van der Waals surface area contributed by atoms with E-state index in [-0.39, 0.29) is 12.5 Å². The van der Waals surface area contributed by atoms with Gasteiger partial charge in [0.2, 0.25) is 0 Å². The first kappa shape index (κ1) is 19.5. The van der Waals surface area contributed by atoms with E-state index in [1.807, 2.05) is 6.07 Å². The summed E-state index contributed by atoms with van der Waals surface area (Å²) in [4.78, 5) is 35.1. The van der Waals surface area contributed by atoms with E-state index in [2.05, 4.69) is 10.6 Å². The zero-order valence-corrected chi connectivity index (χ0v) is 14.5. The highest BCUT2D eigenvalue weighted by Gasteiger charge is 2.10. The van der Waals surface area contributed by atoms with E-state index in [4.69, 9.17) is 14.7 Å². The summed E-state index contributed by atoms with van der Waals surface area (Å²) in [5.74, 6) is -1.14. The molecule has 2 aromatic rings. The Bertz CT molecular complexity index is 872. The van der Waals surface area contributed by atoms with Gasteiger partial charge in [-0.15, -0.1) is 0 Å². The number of anilines is 1. The molecule has 0 saturated heterocycles. The number of nitrogens with one attached hydrogen (secondary N) is 2. The van der Waals surface area contributed by atoms with Crippen LogP contribution in [0, 0.1) is 11.3 Å². The van der Waals surface area contributed by atoms with Crippen molar-refractivity contribution in [1.29, 1.82) is 5.26 Å². The van der Waals surface area contributed by atoms with Crippen molar-refractivity contribution < 1.29 is 23.9 Å². The van der Waals surface area contributed by atoms with E-state index >= 15 is 0 Å². The number of carbonyl (C=O) groups excluding carboxylic acids is 3. The largest absolute Gasteiger partial charge is 0.482 e. The molecule has 0 aromatic heterocycles. The van der Waals surface area contributed by atoms with Crippen molar-refractivity contribution in [2.45, 2.75) is 0 Å². The fourth-order valence-corrected chi connectivity index (χ4v) is 2.04. The molecule has 0 fully saturated rings. The van der Waals surface area contributed by atoms with Crippen LogP contribution in [0.15, 0.2) is 48.5 Å². The zero-order valence-electron chi connectivity index (χ0n) is 14.5. The molecule has 27 heavy (non-hydrogen) atoms. The molecule has 8 heteroatoms. The van der Waals surface area contributed by atoms with Gasteiger partial charge in [-0.3, -0.25) is 9.59 Å². The molecule has 0 heterocycles. The second kappa shape index (κ2) is 9.58. The van der Waals surface area contributed by atoms with Crippen LogP contribution in [0.4, 0.5) is 5.69 Å². The molecule has 2 aromatic carbocycles. The highest BCUT2D eigenvalue weighted by Crippen LogP contribution is 2.12. The zero-order chi connectivity index (χ0) is 19.6. The van der Waals surface area contributed by atoms with Gasteiger partial charge in [0.05, 0.1) is 11.6 Å². The van der Waals surface area contributed by atoms with Gasteiger partial charge in [0.1, 0.15) is 5.75 Å². The van der Waals surface area contributed by atoms with Crippen molar-refractivity contribution in [2.24, 2.45) is 0 Å². The third kappa shape index (κ3) is 6.17. The van der Waals surface area contributed by atoms with Crippen molar-refractivity contribution in [3.63, 3.8) is 0 Å². The summed E-state index contributed by atoms with van der Waals surface area (Å²) in [6, 6.07) is 14.5. The minimum atomic E-state index is -0.714. The molecule has 0 unspecified atom stereocenters. The molecule has 0 aliphatic rings. The number of benzene rings is 2. The Labute approximate surface area is 155 Å². The molecular formula is C19H17N3O5. The lowest BCUT2D eigenvalue weighted by Gasteiger charge is -2.09. The number of hydrogen-bond acceptors (Lipinski definition) is 6. The Kier molecular flexibility index (Phi) is 6.91.